The van der Waals surface area contributed by atoms with E-state index in [9.17, 15) is 4.79 Å². The lowest BCUT2D eigenvalue weighted by Crippen LogP contribution is -2.40. The van der Waals surface area contributed by atoms with E-state index < -0.39 is 18.3 Å². The van der Waals surface area contributed by atoms with Crippen molar-refractivity contribution in [3.8, 4) is 0 Å². The molecule has 1 aliphatic rings. The fraction of sp³-hybridized carbons (Fsp3) is 0.857. The molecule has 0 radical (unpaired) electrons. The molecule has 0 aliphatic carbocycles. The minimum Gasteiger partial charge on any atom is -0.450 e. The fourth-order valence-corrected chi connectivity index (χ4v) is 2.73. The van der Waals surface area contributed by atoms with Crippen molar-refractivity contribution < 1.29 is 44.5 Å². The SMILES string of the molecule is CCCC(C(CC)C1(OC(=O)O)OO1)C(C)(C)C.O=C(O)OO. The molecule has 9 nitrogen and oxygen atoms in total. The van der Waals surface area contributed by atoms with Crippen LogP contribution < -0.4 is 0 Å². The molecular formula is C14H26O9. The third-order valence-corrected chi connectivity index (χ3v) is 3.65. The Balaban J connectivity index is 0.000000841. The molecule has 0 aromatic heterocycles. The van der Waals surface area contributed by atoms with Crippen LogP contribution in [0.3, 0.4) is 0 Å². The van der Waals surface area contributed by atoms with Crippen LogP contribution in [0.4, 0.5) is 9.59 Å². The van der Waals surface area contributed by atoms with E-state index in [2.05, 4.69) is 32.6 Å². The standard InChI is InChI=1S/C13H24O5.CH2O4/c1-6-8-10(12(3,4)5)9(7-2)13(17-18-13)16-11(14)15;2-1(3)5-4/h9-10H,6-8H2,1-5H3,(H,14,15);4H,(H,2,3). The number of hydrogen-bond donors (Lipinski definition) is 3. The summed E-state index contributed by atoms with van der Waals surface area (Å²) >= 11 is 0. The quantitative estimate of drug-likeness (QED) is 0.284. The zero-order valence-electron chi connectivity index (χ0n) is 14.1. The van der Waals surface area contributed by atoms with Crippen LogP contribution in [0.25, 0.3) is 0 Å². The number of ether oxygens (including phenoxy) is 1. The molecule has 1 aliphatic heterocycles. The summed E-state index contributed by atoms with van der Waals surface area (Å²) in [5.74, 6) is -1.20. The highest BCUT2D eigenvalue weighted by atomic mass is 17.5. The van der Waals surface area contributed by atoms with Crippen molar-refractivity contribution >= 4 is 12.3 Å². The van der Waals surface area contributed by atoms with Crippen molar-refractivity contribution in [3.63, 3.8) is 0 Å². The van der Waals surface area contributed by atoms with Crippen molar-refractivity contribution in [2.24, 2.45) is 17.3 Å². The van der Waals surface area contributed by atoms with Gasteiger partial charge in [-0.15, -0.1) is 0 Å². The zero-order chi connectivity index (χ0) is 18.3. The van der Waals surface area contributed by atoms with Crippen molar-refractivity contribution in [1.82, 2.24) is 0 Å². The number of carboxylic acid groups (broad SMARTS) is 2. The van der Waals surface area contributed by atoms with Gasteiger partial charge in [-0.3, -0.25) is 4.89 Å². The highest BCUT2D eigenvalue weighted by Gasteiger charge is 2.63. The fourth-order valence-electron chi connectivity index (χ4n) is 2.73. The van der Waals surface area contributed by atoms with E-state index >= 15 is 0 Å². The maximum Gasteiger partial charge on any atom is 0.537 e. The Kier molecular flexibility index (Phi) is 8.29. The van der Waals surface area contributed by atoms with Gasteiger partial charge in [-0.25, -0.2) is 9.59 Å². The lowest BCUT2D eigenvalue weighted by atomic mass is 9.69. The lowest BCUT2D eigenvalue weighted by molar-refractivity contribution is -0.194. The van der Waals surface area contributed by atoms with Crippen LogP contribution in [0, 0.1) is 17.3 Å². The van der Waals surface area contributed by atoms with Crippen LogP contribution in [0.15, 0.2) is 0 Å². The highest BCUT2D eigenvalue weighted by Crippen LogP contribution is 2.50. The van der Waals surface area contributed by atoms with E-state index in [4.69, 9.17) is 34.8 Å². The number of rotatable bonds is 6. The molecule has 2 unspecified atom stereocenters. The van der Waals surface area contributed by atoms with Gasteiger partial charge in [0.05, 0.1) is 5.92 Å². The number of carbonyl (C=O) groups is 2. The van der Waals surface area contributed by atoms with Gasteiger partial charge < -0.3 is 14.9 Å². The zero-order valence-corrected chi connectivity index (χ0v) is 14.1. The van der Waals surface area contributed by atoms with E-state index in [1.807, 2.05) is 6.92 Å². The van der Waals surface area contributed by atoms with Gasteiger partial charge in [0.1, 0.15) is 0 Å². The van der Waals surface area contributed by atoms with Crippen LogP contribution in [-0.4, -0.2) is 33.8 Å². The van der Waals surface area contributed by atoms with E-state index in [1.54, 1.807) is 0 Å². The van der Waals surface area contributed by atoms with E-state index in [0.29, 0.717) is 0 Å². The monoisotopic (exact) mass is 338 g/mol. The predicted molar refractivity (Wildman–Crippen MR) is 77.4 cm³/mol. The van der Waals surface area contributed by atoms with Crippen LogP contribution in [-0.2, 0) is 19.4 Å². The molecule has 0 amide bonds. The van der Waals surface area contributed by atoms with Crippen LogP contribution in [0.5, 0.6) is 0 Å². The first kappa shape index (κ1) is 21.4. The van der Waals surface area contributed by atoms with Gasteiger partial charge in [0.2, 0.25) is 0 Å². The molecule has 0 bridgehead atoms. The third kappa shape index (κ3) is 7.02. The molecular weight excluding hydrogens is 312 g/mol. The molecule has 1 rings (SSSR count). The third-order valence-electron chi connectivity index (χ3n) is 3.65. The number of hydrogen-bond acceptors (Lipinski definition) is 7. The summed E-state index contributed by atoms with van der Waals surface area (Å²) in [6.45, 7) is 10.5. The molecule has 1 saturated heterocycles. The second-order valence-electron chi connectivity index (χ2n) is 6.27. The van der Waals surface area contributed by atoms with Crippen molar-refractivity contribution in [2.45, 2.75) is 59.9 Å². The van der Waals surface area contributed by atoms with Gasteiger partial charge in [0.15, 0.2) is 0 Å². The molecule has 0 aromatic rings. The maximum absolute atomic E-state index is 10.7. The summed E-state index contributed by atoms with van der Waals surface area (Å²) in [6.07, 6.45) is -0.295. The summed E-state index contributed by atoms with van der Waals surface area (Å²) in [7, 11) is 0. The first-order valence-corrected chi connectivity index (χ1v) is 7.37. The molecule has 3 N–H and O–H groups in total. The molecule has 1 fully saturated rings. The van der Waals surface area contributed by atoms with Crippen LogP contribution in [0.2, 0.25) is 0 Å². The lowest BCUT2D eigenvalue weighted by Gasteiger charge is -2.37. The summed E-state index contributed by atoms with van der Waals surface area (Å²) in [5, 5.41) is 23.1. The summed E-state index contributed by atoms with van der Waals surface area (Å²) in [5.41, 5.74) is 0.0425. The molecule has 9 heteroatoms. The van der Waals surface area contributed by atoms with E-state index in [0.717, 1.165) is 19.3 Å². The van der Waals surface area contributed by atoms with Gasteiger partial charge in [0.25, 0.3) is 0 Å². The van der Waals surface area contributed by atoms with Gasteiger partial charge in [0, 0.05) is 0 Å². The molecule has 136 valence electrons. The van der Waals surface area contributed by atoms with E-state index in [1.165, 1.54) is 0 Å². The normalized spacial score (nSPS) is 18.0. The smallest absolute Gasteiger partial charge is 0.450 e. The average molecular weight is 338 g/mol. The predicted octanol–water partition coefficient (Wildman–Crippen LogP) is 3.94. The Labute approximate surface area is 135 Å². The van der Waals surface area contributed by atoms with Crippen LogP contribution >= 0.6 is 0 Å². The van der Waals surface area contributed by atoms with E-state index in [-0.39, 0.29) is 17.3 Å². The second-order valence-corrected chi connectivity index (χ2v) is 6.27. The molecule has 2 atom stereocenters. The minimum absolute atomic E-state index is 0.0425. The topological polar surface area (TPSA) is 138 Å². The van der Waals surface area contributed by atoms with Crippen LogP contribution in [0.1, 0.15) is 53.9 Å². The maximum atomic E-state index is 10.7. The molecule has 0 spiro atoms. The van der Waals surface area contributed by atoms with Gasteiger partial charge in [-0.1, -0.05) is 41.0 Å². The molecule has 0 saturated carbocycles. The summed E-state index contributed by atoms with van der Waals surface area (Å²) < 4.78 is 4.80. The van der Waals surface area contributed by atoms with Gasteiger partial charge >= 0.3 is 18.3 Å². The Morgan fingerprint density at radius 1 is 1.13 bits per heavy atom. The second kappa shape index (κ2) is 8.90. The highest BCUT2D eigenvalue weighted by molar-refractivity contribution is 5.57. The molecule has 0 aromatic carbocycles. The van der Waals surface area contributed by atoms with Gasteiger partial charge in [-0.05, 0) is 24.2 Å². The summed E-state index contributed by atoms with van der Waals surface area (Å²) in [6, 6.07) is 0. The average Bonchev–Trinajstić information content (AvgIpc) is 3.17. The first-order chi connectivity index (χ1) is 10.5. The molecule has 1 heterocycles. The Morgan fingerprint density at radius 2 is 1.61 bits per heavy atom. The Hall–Kier alpha value is -1.58. The Morgan fingerprint density at radius 3 is 1.83 bits per heavy atom. The summed E-state index contributed by atoms with van der Waals surface area (Å²) in [4.78, 5) is 32.0. The minimum atomic E-state index is -1.69. The van der Waals surface area contributed by atoms with Gasteiger partial charge in [-0.2, -0.15) is 15.0 Å². The first-order valence-electron chi connectivity index (χ1n) is 7.37. The van der Waals surface area contributed by atoms with Crippen molar-refractivity contribution in [2.75, 3.05) is 0 Å². The molecule has 23 heavy (non-hydrogen) atoms. The van der Waals surface area contributed by atoms with Crippen molar-refractivity contribution in [3.05, 3.63) is 0 Å². The Bertz CT molecular complexity index is 384. The largest absolute Gasteiger partial charge is 0.537 e. The van der Waals surface area contributed by atoms with Crippen molar-refractivity contribution in [1.29, 1.82) is 0 Å².